The van der Waals surface area contributed by atoms with E-state index in [1.54, 1.807) is 0 Å². The van der Waals surface area contributed by atoms with Crippen molar-refractivity contribution in [2.45, 2.75) is 38.3 Å². The molecule has 1 saturated heterocycles. The Labute approximate surface area is 113 Å². The van der Waals surface area contributed by atoms with Crippen LogP contribution in [0.15, 0.2) is 18.2 Å². The molecular formula is C15H22F2N2. The third-order valence-corrected chi connectivity index (χ3v) is 3.86. The highest BCUT2D eigenvalue weighted by atomic mass is 19.1. The second-order valence-electron chi connectivity index (χ2n) is 5.49. The molecule has 2 nitrogen and oxygen atoms in total. The highest BCUT2D eigenvalue weighted by molar-refractivity contribution is 5.21. The first-order chi connectivity index (χ1) is 9.06. The van der Waals surface area contributed by atoms with Crippen molar-refractivity contribution in [1.82, 2.24) is 10.2 Å². The molecule has 4 heteroatoms. The molecule has 0 bridgehead atoms. The normalized spacial score (nSPS) is 23.1. The van der Waals surface area contributed by atoms with E-state index < -0.39 is 0 Å². The molecule has 1 heterocycles. The number of hydrogen-bond donors (Lipinski definition) is 1. The zero-order chi connectivity index (χ0) is 13.8. The first kappa shape index (κ1) is 14.4. The lowest BCUT2D eigenvalue weighted by molar-refractivity contribution is 0.339. The molecule has 0 aliphatic carbocycles. The van der Waals surface area contributed by atoms with Gasteiger partial charge in [0.05, 0.1) is 0 Å². The Kier molecular flexibility index (Phi) is 4.88. The molecule has 2 atom stereocenters. The summed E-state index contributed by atoms with van der Waals surface area (Å²) >= 11 is 0. The average molecular weight is 268 g/mol. The standard InChI is InChI=1S/C15H22F2N2/c1-11(14-10-12(16)5-6-15(14)17)18-13-4-3-8-19(2)9-7-13/h5-6,10-11,13,18H,3-4,7-9H2,1-2H3. The summed E-state index contributed by atoms with van der Waals surface area (Å²) in [6, 6.07) is 3.86. The van der Waals surface area contributed by atoms with E-state index in [4.69, 9.17) is 0 Å². The maximum atomic E-state index is 13.7. The highest BCUT2D eigenvalue weighted by Gasteiger charge is 2.19. The summed E-state index contributed by atoms with van der Waals surface area (Å²) in [5, 5.41) is 3.43. The molecule has 1 aliphatic heterocycles. The molecule has 0 aromatic heterocycles. The summed E-state index contributed by atoms with van der Waals surface area (Å²) < 4.78 is 26.9. The summed E-state index contributed by atoms with van der Waals surface area (Å²) in [5.41, 5.74) is 0.414. The molecule has 0 amide bonds. The van der Waals surface area contributed by atoms with E-state index in [2.05, 4.69) is 17.3 Å². The van der Waals surface area contributed by atoms with Crippen molar-refractivity contribution in [3.63, 3.8) is 0 Å². The largest absolute Gasteiger partial charge is 0.307 e. The minimum absolute atomic E-state index is 0.163. The molecule has 1 aromatic carbocycles. The number of rotatable bonds is 3. The van der Waals surface area contributed by atoms with Gasteiger partial charge in [-0.3, -0.25) is 0 Å². The summed E-state index contributed by atoms with van der Waals surface area (Å²) in [6.45, 7) is 4.06. The van der Waals surface area contributed by atoms with Gasteiger partial charge in [0.1, 0.15) is 11.6 Å². The summed E-state index contributed by atoms with van der Waals surface area (Å²) in [6.07, 6.45) is 3.29. The monoisotopic (exact) mass is 268 g/mol. The van der Waals surface area contributed by atoms with Gasteiger partial charge in [-0.05, 0) is 64.5 Å². The van der Waals surface area contributed by atoms with Gasteiger partial charge in [0.15, 0.2) is 0 Å². The Bertz CT molecular complexity index is 423. The molecule has 0 radical (unpaired) electrons. The van der Waals surface area contributed by atoms with Crippen LogP contribution in [-0.2, 0) is 0 Å². The Morgan fingerprint density at radius 3 is 2.84 bits per heavy atom. The van der Waals surface area contributed by atoms with Gasteiger partial charge in [-0.1, -0.05) is 0 Å². The Balaban J connectivity index is 2.00. The van der Waals surface area contributed by atoms with Crippen molar-refractivity contribution < 1.29 is 8.78 Å². The van der Waals surface area contributed by atoms with E-state index in [-0.39, 0.29) is 17.7 Å². The maximum absolute atomic E-state index is 13.7. The lowest BCUT2D eigenvalue weighted by atomic mass is 10.0. The molecule has 19 heavy (non-hydrogen) atoms. The fraction of sp³-hybridized carbons (Fsp3) is 0.600. The van der Waals surface area contributed by atoms with Crippen LogP contribution in [-0.4, -0.2) is 31.1 Å². The van der Waals surface area contributed by atoms with Gasteiger partial charge in [-0.15, -0.1) is 0 Å². The quantitative estimate of drug-likeness (QED) is 0.906. The van der Waals surface area contributed by atoms with Crippen LogP contribution in [0.4, 0.5) is 8.78 Å². The summed E-state index contributed by atoms with van der Waals surface area (Å²) in [4.78, 5) is 2.31. The predicted octanol–water partition coefficient (Wildman–Crippen LogP) is 3.10. The van der Waals surface area contributed by atoms with Gasteiger partial charge in [-0.25, -0.2) is 8.78 Å². The van der Waals surface area contributed by atoms with Crippen LogP contribution >= 0.6 is 0 Å². The fourth-order valence-corrected chi connectivity index (χ4v) is 2.70. The van der Waals surface area contributed by atoms with E-state index in [9.17, 15) is 8.78 Å². The van der Waals surface area contributed by atoms with Crippen LogP contribution < -0.4 is 5.32 Å². The van der Waals surface area contributed by atoms with Crippen LogP contribution in [0.5, 0.6) is 0 Å². The third kappa shape index (κ3) is 3.98. The number of halogens is 2. The first-order valence-electron chi connectivity index (χ1n) is 6.96. The van der Waals surface area contributed by atoms with Gasteiger partial charge in [-0.2, -0.15) is 0 Å². The van der Waals surface area contributed by atoms with Crippen LogP contribution in [0.25, 0.3) is 0 Å². The van der Waals surface area contributed by atoms with E-state index in [0.717, 1.165) is 38.4 Å². The number of nitrogens with zero attached hydrogens (tertiary/aromatic N) is 1. The van der Waals surface area contributed by atoms with Gasteiger partial charge < -0.3 is 10.2 Å². The van der Waals surface area contributed by atoms with E-state index in [1.807, 2.05) is 6.92 Å². The Morgan fingerprint density at radius 1 is 1.26 bits per heavy atom. The predicted molar refractivity (Wildman–Crippen MR) is 73.0 cm³/mol. The number of likely N-dealkylation sites (tertiary alicyclic amines) is 1. The molecular weight excluding hydrogens is 246 g/mol. The topological polar surface area (TPSA) is 15.3 Å². The van der Waals surface area contributed by atoms with Crippen LogP contribution in [0.3, 0.4) is 0 Å². The van der Waals surface area contributed by atoms with Gasteiger partial charge in [0.2, 0.25) is 0 Å². The van der Waals surface area contributed by atoms with Crippen LogP contribution in [0.2, 0.25) is 0 Å². The number of hydrogen-bond acceptors (Lipinski definition) is 2. The summed E-state index contributed by atoms with van der Waals surface area (Å²) in [7, 11) is 2.12. The lowest BCUT2D eigenvalue weighted by Crippen LogP contribution is -2.32. The van der Waals surface area contributed by atoms with Gasteiger partial charge in [0, 0.05) is 17.6 Å². The SMILES string of the molecule is CC(NC1CCCN(C)CC1)c1cc(F)ccc1F. The second-order valence-corrected chi connectivity index (χ2v) is 5.49. The lowest BCUT2D eigenvalue weighted by Gasteiger charge is -2.23. The van der Waals surface area contributed by atoms with Crippen molar-refractivity contribution in [2.75, 3.05) is 20.1 Å². The zero-order valence-corrected chi connectivity index (χ0v) is 11.6. The van der Waals surface area contributed by atoms with E-state index in [0.29, 0.717) is 11.6 Å². The number of nitrogens with one attached hydrogen (secondary N) is 1. The molecule has 1 aromatic rings. The Hall–Kier alpha value is -1.00. The first-order valence-corrected chi connectivity index (χ1v) is 6.96. The van der Waals surface area contributed by atoms with E-state index in [1.165, 1.54) is 12.1 Å². The van der Waals surface area contributed by atoms with Crippen molar-refractivity contribution in [2.24, 2.45) is 0 Å². The fourth-order valence-electron chi connectivity index (χ4n) is 2.70. The van der Waals surface area contributed by atoms with Gasteiger partial charge in [0.25, 0.3) is 0 Å². The Morgan fingerprint density at radius 2 is 2.05 bits per heavy atom. The van der Waals surface area contributed by atoms with Crippen molar-refractivity contribution in [3.8, 4) is 0 Å². The van der Waals surface area contributed by atoms with Crippen molar-refractivity contribution >= 4 is 0 Å². The molecule has 2 unspecified atom stereocenters. The molecule has 1 fully saturated rings. The van der Waals surface area contributed by atoms with Gasteiger partial charge >= 0.3 is 0 Å². The minimum Gasteiger partial charge on any atom is -0.307 e. The highest BCUT2D eigenvalue weighted by Crippen LogP contribution is 2.20. The molecule has 2 rings (SSSR count). The smallest absolute Gasteiger partial charge is 0.128 e. The van der Waals surface area contributed by atoms with Crippen LogP contribution in [0.1, 0.15) is 37.8 Å². The van der Waals surface area contributed by atoms with Crippen molar-refractivity contribution in [1.29, 1.82) is 0 Å². The van der Waals surface area contributed by atoms with Crippen molar-refractivity contribution in [3.05, 3.63) is 35.4 Å². The molecule has 106 valence electrons. The number of benzene rings is 1. The maximum Gasteiger partial charge on any atom is 0.128 e. The third-order valence-electron chi connectivity index (χ3n) is 3.86. The molecule has 1 aliphatic rings. The average Bonchev–Trinajstić information content (AvgIpc) is 2.57. The van der Waals surface area contributed by atoms with Crippen LogP contribution in [0, 0.1) is 11.6 Å². The van der Waals surface area contributed by atoms with E-state index >= 15 is 0 Å². The molecule has 0 saturated carbocycles. The minimum atomic E-state index is -0.384. The molecule has 0 spiro atoms. The second kappa shape index (κ2) is 6.44. The zero-order valence-electron chi connectivity index (χ0n) is 11.6. The summed E-state index contributed by atoms with van der Waals surface area (Å²) in [5.74, 6) is -0.724. The molecule has 1 N–H and O–H groups in total.